The first-order valence-corrected chi connectivity index (χ1v) is 11.3. The fraction of sp³-hybridized carbons (Fsp3) is 0.600. The summed E-state index contributed by atoms with van der Waals surface area (Å²) in [6.07, 6.45) is -1.92. The van der Waals surface area contributed by atoms with E-state index in [1.54, 1.807) is 0 Å². The molecule has 19 heteroatoms. The van der Waals surface area contributed by atoms with Crippen molar-refractivity contribution in [2.75, 3.05) is 26.4 Å². The first kappa shape index (κ1) is 34.8. The van der Waals surface area contributed by atoms with Gasteiger partial charge in [0.15, 0.2) is 0 Å². The molecule has 0 aliphatic rings. The van der Waals surface area contributed by atoms with Crippen molar-refractivity contribution in [3.63, 3.8) is 0 Å². The second-order valence-corrected chi connectivity index (χ2v) is 7.84. The van der Waals surface area contributed by atoms with Gasteiger partial charge in [-0.3, -0.25) is 33.6 Å². The molecule has 0 saturated carbocycles. The second kappa shape index (κ2) is 18.1. The van der Waals surface area contributed by atoms with Gasteiger partial charge in [0.1, 0.15) is 36.5 Å². The highest BCUT2D eigenvalue weighted by molar-refractivity contribution is 5.97. The Morgan fingerprint density at radius 3 is 1.56 bits per heavy atom. The lowest BCUT2D eigenvalue weighted by Gasteiger charge is -2.25. The third kappa shape index (κ3) is 13.2. The standard InChI is InChI=1S/C20H32N6O13/c21-9(6-28)16(35)24-11(5-15(33)34)19(38)23-10(1-2-14(31)32)18(37)26-13(8-30)20(39)25-12(7-29)17(36)22-3-4-27/h4,9-13,28-30H,1-3,5-8,21H2,(H,22,36)(H,23,38)(H,24,35)(H,25,39)(H,26,37)(H,31,32)(H,33,34)/t9-,10-,11-,12-,13-/m0/s1. The van der Waals surface area contributed by atoms with Crippen molar-refractivity contribution >= 4 is 47.8 Å². The number of amides is 5. The maximum atomic E-state index is 12.8. The average molecular weight is 565 g/mol. The second-order valence-electron chi connectivity index (χ2n) is 7.84. The molecule has 0 aliphatic carbocycles. The lowest BCUT2D eigenvalue weighted by molar-refractivity contribution is -0.141. The lowest BCUT2D eigenvalue weighted by atomic mass is 10.1. The van der Waals surface area contributed by atoms with E-state index < -0.39 is 117 Å². The van der Waals surface area contributed by atoms with Crippen LogP contribution in [0.2, 0.25) is 0 Å². The number of hydrogen-bond acceptors (Lipinski definition) is 12. The molecule has 0 aromatic carbocycles. The smallest absolute Gasteiger partial charge is 0.305 e. The van der Waals surface area contributed by atoms with Crippen LogP contribution in [-0.4, -0.2) is 130 Å². The first-order valence-electron chi connectivity index (χ1n) is 11.3. The SMILES string of the molecule is N[C@@H](CO)C(=O)N[C@@H](CC(=O)O)C(=O)N[C@@H](CCC(=O)O)C(=O)N[C@@H](CO)C(=O)N[C@@H](CO)C(=O)NCC=O. The molecule has 0 unspecified atom stereocenters. The number of hydrogen-bond donors (Lipinski definition) is 11. The number of carbonyl (C=O) groups is 8. The Labute approximate surface area is 220 Å². The lowest BCUT2D eigenvalue weighted by Crippen LogP contribution is -2.60. The van der Waals surface area contributed by atoms with E-state index in [-0.39, 0.29) is 0 Å². The van der Waals surface area contributed by atoms with Gasteiger partial charge in [0, 0.05) is 6.42 Å². The third-order valence-corrected chi connectivity index (χ3v) is 4.82. The van der Waals surface area contributed by atoms with E-state index in [9.17, 15) is 48.6 Å². The van der Waals surface area contributed by atoms with Crippen LogP contribution in [-0.2, 0) is 38.4 Å². The van der Waals surface area contributed by atoms with Gasteiger partial charge >= 0.3 is 11.9 Å². The Bertz CT molecular complexity index is 915. The van der Waals surface area contributed by atoms with Crippen LogP contribution < -0.4 is 32.3 Å². The monoisotopic (exact) mass is 564 g/mol. The van der Waals surface area contributed by atoms with E-state index in [0.29, 0.717) is 6.29 Å². The molecule has 0 aliphatic heterocycles. The van der Waals surface area contributed by atoms with Crippen molar-refractivity contribution in [3.8, 4) is 0 Å². The number of aliphatic hydroxyl groups is 3. The zero-order chi connectivity index (χ0) is 30.1. The summed E-state index contributed by atoms with van der Waals surface area (Å²) in [6.45, 7) is -3.23. The fourth-order valence-corrected chi connectivity index (χ4v) is 2.75. The van der Waals surface area contributed by atoms with Crippen LogP contribution in [0.4, 0.5) is 0 Å². The number of aliphatic carboxylic acids is 2. The minimum Gasteiger partial charge on any atom is -0.481 e. The van der Waals surface area contributed by atoms with Gasteiger partial charge in [-0.05, 0) is 6.42 Å². The highest BCUT2D eigenvalue weighted by atomic mass is 16.4. The average Bonchev–Trinajstić information content (AvgIpc) is 2.89. The molecule has 0 heterocycles. The molecule has 0 aromatic heterocycles. The van der Waals surface area contributed by atoms with Crippen LogP contribution in [0.15, 0.2) is 0 Å². The number of nitrogens with one attached hydrogen (secondary N) is 5. The number of carbonyl (C=O) groups excluding carboxylic acids is 6. The van der Waals surface area contributed by atoms with E-state index in [2.05, 4.69) is 10.6 Å². The van der Waals surface area contributed by atoms with Crippen molar-refractivity contribution in [1.29, 1.82) is 0 Å². The van der Waals surface area contributed by atoms with Gasteiger partial charge in [-0.1, -0.05) is 0 Å². The van der Waals surface area contributed by atoms with Gasteiger partial charge in [0.25, 0.3) is 0 Å². The summed E-state index contributed by atoms with van der Waals surface area (Å²) in [6, 6.07) is -8.38. The van der Waals surface area contributed by atoms with E-state index in [4.69, 9.17) is 21.1 Å². The van der Waals surface area contributed by atoms with Gasteiger partial charge in [-0.25, -0.2) is 0 Å². The summed E-state index contributed by atoms with van der Waals surface area (Å²) >= 11 is 0. The molecule has 0 spiro atoms. The zero-order valence-electron chi connectivity index (χ0n) is 20.5. The molecule has 0 bridgehead atoms. The molecular weight excluding hydrogens is 532 g/mol. The van der Waals surface area contributed by atoms with Crippen LogP contribution in [0.5, 0.6) is 0 Å². The van der Waals surface area contributed by atoms with Crippen molar-refractivity contribution in [1.82, 2.24) is 26.6 Å². The predicted octanol–water partition coefficient (Wildman–Crippen LogP) is -7.12. The Morgan fingerprint density at radius 1 is 0.641 bits per heavy atom. The van der Waals surface area contributed by atoms with Crippen molar-refractivity contribution in [3.05, 3.63) is 0 Å². The number of aliphatic hydroxyl groups excluding tert-OH is 3. The van der Waals surface area contributed by atoms with E-state index in [1.165, 1.54) is 0 Å². The molecule has 0 saturated heterocycles. The van der Waals surface area contributed by atoms with Gasteiger partial charge < -0.3 is 62.6 Å². The maximum Gasteiger partial charge on any atom is 0.305 e. The normalized spacial score (nSPS) is 14.4. The Hall–Kier alpha value is -4.20. The van der Waals surface area contributed by atoms with Crippen LogP contribution >= 0.6 is 0 Å². The molecule has 220 valence electrons. The van der Waals surface area contributed by atoms with Crippen molar-refractivity contribution in [2.24, 2.45) is 5.73 Å². The molecule has 0 fully saturated rings. The van der Waals surface area contributed by atoms with Gasteiger partial charge in [-0.15, -0.1) is 0 Å². The van der Waals surface area contributed by atoms with E-state index >= 15 is 0 Å². The quantitative estimate of drug-likeness (QED) is 0.0649. The predicted molar refractivity (Wildman–Crippen MR) is 125 cm³/mol. The van der Waals surface area contributed by atoms with E-state index in [1.807, 2.05) is 16.0 Å². The maximum absolute atomic E-state index is 12.8. The molecule has 19 nitrogen and oxygen atoms in total. The zero-order valence-corrected chi connectivity index (χ0v) is 20.5. The number of nitrogens with two attached hydrogens (primary N) is 1. The number of rotatable bonds is 19. The molecule has 0 radical (unpaired) electrons. The highest BCUT2D eigenvalue weighted by Crippen LogP contribution is 2.03. The molecular formula is C20H32N6O13. The highest BCUT2D eigenvalue weighted by Gasteiger charge is 2.32. The third-order valence-electron chi connectivity index (χ3n) is 4.82. The molecule has 12 N–H and O–H groups in total. The summed E-state index contributed by atoms with van der Waals surface area (Å²) in [4.78, 5) is 94.2. The van der Waals surface area contributed by atoms with Crippen molar-refractivity contribution < 1.29 is 63.9 Å². The first-order chi connectivity index (χ1) is 18.3. The van der Waals surface area contributed by atoms with Crippen LogP contribution in [0.25, 0.3) is 0 Å². The van der Waals surface area contributed by atoms with Crippen LogP contribution in [0.1, 0.15) is 19.3 Å². The Balaban J connectivity index is 5.66. The minimum absolute atomic E-state index is 0.337. The largest absolute Gasteiger partial charge is 0.481 e. The number of carboxylic acid groups (broad SMARTS) is 2. The molecule has 0 aromatic rings. The Morgan fingerprint density at radius 2 is 1.10 bits per heavy atom. The van der Waals surface area contributed by atoms with Gasteiger partial charge in [-0.2, -0.15) is 0 Å². The van der Waals surface area contributed by atoms with E-state index in [0.717, 1.165) is 0 Å². The van der Waals surface area contributed by atoms with Crippen molar-refractivity contribution in [2.45, 2.75) is 49.5 Å². The Kier molecular flexibility index (Phi) is 16.2. The van der Waals surface area contributed by atoms with Crippen LogP contribution in [0.3, 0.4) is 0 Å². The summed E-state index contributed by atoms with van der Waals surface area (Å²) < 4.78 is 0. The number of aldehydes is 1. The molecule has 5 amide bonds. The minimum atomic E-state index is -1.81. The summed E-state index contributed by atoms with van der Waals surface area (Å²) in [5, 5.41) is 56.0. The topological polar surface area (TPSA) is 324 Å². The molecule has 0 rings (SSSR count). The number of carboxylic acids is 2. The molecule has 5 atom stereocenters. The summed E-state index contributed by atoms with van der Waals surface area (Å²) in [5.41, 5.74) is 5.32. The van der Waals surface area contributed by atoms with Gasteiger partial charge in [0.2, 0.25) is 29.5 Å². The van der Waals surface area contributed by atoms with Gasteiger partial charge in [0.05, 0.1) is 32.8 Å². The summed E-state index contributed by atoms with van der Waals surface area (Å²) in [5.74, 6) is -8.64. The summed E-state index contributed by atoms with van der Waals surface area (Å²) in [7, 11) is 0. The molecule has 39 heavy (non-hydrogen) atoms. The van der Waals surface area contributed by atoms with Crippen LogP contribution in [0, 0.1) is 0 Å². The fourth-order valence-electron chi connectivity index (χ4n) is 2.75.